The van der Waals surface area contributed by atoms with E-state index in [0.717, 1.165) is 22.4 Å². The molecule has 0 atom stereocenters. The van der Waals surface area contributed by atoms with Crippen LogP contribution in [0.5, 0.6) is 0 Å². The number of hydrogen-bond acceptors (Lipinski definition) is 5. The molecule has 27 heavy (non-hydrogen) atoms. The predicted molar refractivity (Wildman–Crippen MR) is 101 cm³/mol. The van der Waals surface area contributed by atoms with Gasteiger partial charge in [-0.25, -0.2) is 4.98 Å². The molecule has 3 aromatic rings. The van der Waals surface area contributed by atoms with Crippen LogP contribution in [0.25, 0.3) is 11.1 Å². The van der Waals surface area contributed by atoms with Crippen LogP contribution in [0.1, 0.15) is 27.2 Å². The van der Waals surface area contributed by atoms with Crippen molar-refractivity contribution in [2.75, 3.05) is 12.3 Å². The van der Waals surface area contributed by atoms with Crippen molar-refractivity contribution >= 4 is 11.7 Å². The molecular weight excluding hydrogens is 338 g/mol. The van der Waals surface area contributed by atoms with Gasteiger partial charge in [0.2, 0.25) is 0 Å². The molecule has 6 nitrogen and oxygen atoms in total. The van der Waals surface area contributed by atoms with Gasteiger partial charge in [-0.1, -0.05) is 24.3 Å². The van der Waals surface area contributed by atoms with Crippen molar-refractivity contribution in [3.63, 3.8) is 0 Å². The zero-order valence-electron chi connectivity index (χ0n) is 14.6. The first-order chi connectivity index (χ1) is 13.2. The van der Waals surface area contributed by atoms with Gasteiger partial charge in [-0.05, 0) is 18.2 Å². The number of rotatable bonds is 2. The van der Waals surface area contributed by atoms with Gasteiger partial charge in [0, 0.05) is 54.2 Å². The average molecular weight is 355 g/mol. The fourth-order valence-corrected chi connectivity index (χ4v) is 3.46. The number of anilines is 1. The van der Waals surface area contributed by atoms with E-state index in [4.69, 9.17) is 5.73 Å². The highest BCUT2D eigenvalue weighted by atomic mass is 16.2. The highest BCUT2D eigenvalue weighted by Crippen LogP contribution is 2.35. The monoisotopic (exact) mass is 355 g/mol. The summed E-state index contributed by atoms with van der Waals surface area (Å²) in [5.41, 5.74) is 10.2. The first-order valence-electron chi connectivity index (χ1n) is 8.65. The van der Waals surface area contributed by atoms with E-state index >= 15 is 0 Å². The average Bonchev–Trinajstić information content (AvgIpc) is 2.73. The van der Waals surface area contributed by atoms with Gasteiger partial charge in [-0.3, -0.25) is 9.78 Å². The lowest BCUT2D eigenvalue weighted by Crippen LogP contribution is -2.37. The number of pyridine rings is 2. The summed E-state index contributed by atoms with van der Waals surface area (Å²) in [6.45, 7) is 0.945. The van der Waals surface area contributed by atoms with Crippen molar-refractivity contribution in [3.8, 4) is 17.2 Å². The third kappa shape index (κ3) is 3.00. The van der Waals surface area contributed by atoms with E-state index in [1.54, 1.807) is 17.3 Å². The summed E-state index contributed by atoms with van der Waals surface area (Å²) in [7, 11) is 0. The molecule has 1 amide bonds. The molecule has 0 spiro atoms. The fraction of sp³-hybridized carbons (Fsp3) is 0.143. The van der Waals surface area contributed by atoms with Crippen molar-refractivity contribution in [2.45, 2.75) is 13.0 Å². The van der Waals surface area contributed by atoms with Crippen LogP contribution in [0.3, 0.4) is 0 Å². The Morgan fingerprint density at radius 3 is 2.70 bits per heavy atom. The molecule has 0 saturated carbocycles. The van der Waals surface area contributed by atoms with Crippen molar-refractivity contribution in [1.82, 2.24) is 14.9 Å². The van der Waals surface area contributed by atoms with Crippen LogP contribution in [0.15, 0.2) is 54.9 Å². The predicted octanol–water partition coefficient (Wildman–Crippen LogP) is 2.80. The minimum atomic E-state index is -0.0336. The normalized spacial score (nSPS) is 12.9. The molecule has 6 heteroatoms. The number of benzene rings is 1. The van der Waals surface area contributed by atoms with Crippen LogP contribution in [0.2, 0.25) is 0 Å². The third-order valence-corrected chi connectivity index (χ3v) is 4.75. The van der Waals surface area contributed by atoms with Gasteiger partial charge in [-0.15, -0.1) is 0 Å². The zero-order chi connectivity index (χ0) is 18.8. The van der Waals surface area contributed by atoms with Gasteiger partial charge in [0.15, 0.2) is 0 Å². The van der Waals surface area contributed by atoms with Gasteiger partial charge in [0.05, 0.1) is 5.69 Å². The minimum Gasteiger partial charge on any atom is -0.383 e. The van der Waals surface area contributed by atoms with Crippen molar-refractivity contribution in [2.24, 2.45) is 0 Å². The number of carbonyl (C=O) groups excluding carboxylic acids is 1. The number of amides is 1. The minimum absolute atomic E-state index is 0.0336. The lowest BCUT2D eigenvalue weighted by molar-refractivity contribution is 0.0734. The van der Waals surface area contributed by atoms with E-state index in [9.17, 15) is 10.1 Å². The van der Waals surface area contributed by atoms with Gasteiger partial charge in [0.25, 0.3) is 5.91 Å². The number of nitrogens with two attached hydrogens (primary N) is 1. The van der Waals surface area contributed by atoms with E-state index in [-0.39, 0.29) is 11.7 Å². The highest BCUT2D eigenvalue weighted by Gasteiger charge is 2.28. The first-order valence-corrected chi connectivity index (χ1v) is 8.65. The van der Waals surface area contributed by atoms with Gasteiger partial charge in [-0.2, -0.15) is 5.26 Å². The second kappa shape index (κ2) is 6.89. The maximum absolute atomic E-state index is 12.9. The van der Waals surface area contributed by atoms with Gasteiger partial charge < -0.3 is 10.6 Å². The van der Waals surface area contributed by atoms with Crippen LogP contribution < -0.4 is 5.73 Å². The van der Waals surface area contributed by atoms with Gasteiger partial charge >= 0.3 is 0 Å². The number of nitrogen functional groups attached to an aromatic ring is 1. The van der Waals surface area contributed by atoms with E-state index < -0.39 is 0 Å². The van der Waals surface area contributed by atoms with E-state index in [1.165, 1.54) is 0 Å². The third-order valence-electron chi connectivity index (χ3n) is 4.75. The summed E-state index contributed by atoms with van der Waals surface area (Å²) in [5.74, 6) is 0.187. The SMILES string of the molecule is N#Cc1c(N)nc2c(c1-c1cccnc1)CN(C(=O)c1ccccc1)CC2. The van der Waals surface area contributed by atoms with E-state index in [2.05, 4.69) is 16.0 Å². The van der Waals surface area contributed by atoms with Crippen LogP contribution in [-0.4, -0.2) is 27.3 Å². The largest absolute Gasteiger partial charge is 0.383 e. The Balaban J connectivity index is 1.81. The lowest BCUT2D eigenvalue weighted by Gasteiger charge is -2.30. The molecular formula is C21H17N5O. The quantitative estimate of drug-likeness (QED) is 0.762. The second-order valence-corrected chi connectivity index (χ2v) is 6.37. The molecule has 2 N–H and O–H groups in total. The molecule has 0 unspecified atom stereocenters. The number of nitrogens with zero attached hydrogens (tertiary/aromatic N) is 4. The molecule has 0 bridgehead atoms. The summed E-state index contributed by atoms with van der Waals surface area (Å²) in [6, 6.07) is 15.1. The smallest absolute Gasteiger partial charge is 0.254 e. The van der Waals surface area contributed by atoms with Crippen LogP contribution in [0.4, 0.5) is 5.82 Å². The standard InChI is InChI=1S/C21H17N5O/c22-11-16-19(15-7-4-9-24-12-15)17-13-26(10-8-18(17)25-20(16)23)21(27)14-5-2-1-3-6-14/h1-7,9,12H,8,10,13H2,(H2,23,25). The molecule has 0 saturated heterocycles. The molecule has 1 aliphatic rings. The Morgan fingerprint density at radius 2 is 2.00 bits per heavy atom. The Hall–Kier alpha value is -3.72. The molecule has 1 aliphatic heterocycles. The Kier molecular flexibility index (Phi) is 4.27. The molecule has 0 radical (unpaired) electrons. The van der Waals surface area contributed by atoms with Crippen molar-refractivity contribution < 1.29 is 4.79 Å². The van der Waals surface area contributed by atoms with Gasteiger partial charge in [0.1, 0.15) is 17.5 Å². The van der Waals surface area contributed by atoms with Crippen molar-refractivity contribution in [1.29, 1.82) is 5.26 Å². The summed E-state index contributed by atoms with van der Waals surface area (Å²) in [6.07, 6.45) is 3.97. The summed E-state index contributed by atoms with van der Waals surface area (Å²) in [5, 5.41) is 9.64. The van der Waals surface area contributed by atoms with Crippen LogP contribution >= 0.6 is 0 Å². The Morgan fingerprint density at radius 1 is 1.19 bits per heavy atom. The molecule has 0 aliphatic carbocycles. The molecule has 2 aromatic heterocycles. The molecule has 1 aromatic carbocycles. The maximum Gasteiger partial charge on any atom is 0.254 e. The molecule has 3 heterocycles. The van der Waals surface area contributed by atoms with E-state index in [0.29, 0.717) is 30.6 Å². The Bertz CT molecular complexity index is 1040. The summed E-state index contributed by atoms with van der Waals surface area (Å²) >= 11 is 0. The maximum atomic E-state index is 12.9. The fourth-order valence-electron chi connectivity index (χ4n) is 3.46. The molecule has 132 valence electrons. The van der Waals surface area contributed by atoms with Crippen LogP contribution in [0, 0.1) is 11.3 Å². The topological polar surface area (TPSA) is 95.9 Å². The molecule has 4 rings (SSSR count). The number of carbonyl (C=O) groups is 1. The first kappa shape index (κ1) is 16.7. The summed E-state index contributed by atoms with van der Waals surface area (Å²) in [4.78, 5) is 23.3. The highest BCUT2D eigenvalue weighted by molar-refractivity contribution is 5.94. The second-order valence-electron chi connectivity index (χ2n) is 6.37. The number of nitriles is 1. The van der Waals surface area contributed by atoms with Crippen LogP contribution in [-0.2, 0) is 13.0 Å². The lowest BCUT2D eigenvalue weighted by atomic mass is 9.91. The number of aromatic nitrogens is 2. The zero-order valence-corrected chi connectivity index (χ0v) is 14.6. The molecule has 0 fully saturated rings. The van der Waals surface area contributed by atoms with Crippen molar-refractivity contribution in [3.05, 3.63) is 77.2 Å². The Labute approximate surface area is 156 Å². The number of hydrogen-bond donors (Lipinski definition) is 1. The summed E-state index contributed by atoms with van der Waals surface area (Å²) < 4.78 is 0. The number of fused-ring (bicyclic) bond motifs is 1. The van der Waals surface area contributed by atoms with E-state index in [1.807, 2.05) is 42.5 Å².